The van der Waals surface area contributed by atoms with Crippen molar-refractivity contribution in [2.75, 3.05) is 26.2 Å². The molecule has 7 heteroatoms. The van der Waals surface area contributed by atoms with Crippen LogP contribution in [-0.2, 0) is 4.79 Å². The van der Waals surface area contributed by atoms with E-state index in [2.05, 4.69) is 11.1 Å². The van der Waals surface area contributed by atoms with Gasteiger partial charge in [0.1, 0.15) is 17.4 Å². The van der Waals surface area contributed by atoms with Gasteiger partial charge in [-0.2, -0.15) is 5.26 Å². The fourth-order valence-electron chi connectivity index (χ4n) is 4.49. The zero-order valence-electron chi connectivity index (χ0n) is 17.7. The summed E-state index contributed by atoms with van der Waals surface area (Å²) in [5, 5.41) is 20.3. The standard InChI is InChI=1S/C25H24N4O3/c26-16-21-15-20-14-19(6-7-22(20)27-21)17-2-4-18(5-3-17)23(30)28-10-12-29(13-11-28)24(31)25(32)8-1-9-25/h2-7,14-15,27,32H,1,8-13H2. The highest BCUT2D eigenvalue weighted by atomic mass is 16.3. The summed E-state index contributed by atoms with van der Waals surface area (Å²) in [6.07, 6.45) is 1.96. The summed E-state index contributed by atoms with van der Waals surface area (Å²) >= 11 is 0. The molecule has 0 bridgehead atoms. The highest BCUT2D eigenvalue weighted by Crippen LogP contribution is 2.33. The Hall–Kier alpha value is -3.63. The highest BCUT2D eigenvalue weighted by molar-refractivity contribution is 5.95. The Morgan fingerprint density at radius 3 is 2.22 bits per heavy atom. The molecule has 1 saturated heterocycles. The number of H-pyrrole nitrogens is 1. The minimum absolute atomic E-state index is 0.0502. The molecule has 2 heterocycles. The second-order valence-corrected chi connectivity index (χ2v) is 8.64. The molecule has 2 aliphatic rings. The van der Waals surface area contributed by atoms with Crippen molar-refractivity contribution in [1.82, 2.24) is 14.8 Å². The molecular formula is C25H24N4O3. The lowest BCUT2D eigenvalue weighted by Gasteiger charge is -2.42. The zero-order valence-corrected chi connectivity index (χ0v) is 17.7. The van der Waals surface area contributed by atoms with Gasteiger partial charge in [0.2, 0.25) is 0 Å². The molecule has 1 saturated carbocycles. The molecule has 0 atom stereocenters. The second kappa shape index (κ2) is 7.81. The lowest BCUT2D eigenvalue weighted by atomic mass is 9.79. The van der Waals surface area contributed by atoms with E-state index in [0.29, 0.717) is 50.3 Å². The molecular weight excluding hydrogens is 404 g/mol. The van der Waals surface area contributed by atoms with Crippen molar-refractivity contribution in [3.05, 3.63) is 59.8 Å². The Balaban J connectivity index is 1.25. The molecule has 3 aromatic rings. The molecule has 2 aromatic carbocycles. The van der Waals surface area contributed by atoms with E-state index >= 15 is 0 Å². The zero-order chi connectivity index (χ0) is 22.3. The van der Waals surface area contributed by atoms with Crippen LogP contribution in [0.2, 0.25) is 0 Å². The first-order chi connectivity index (χ1) is 15.5. The summed E-state index contributed by atoms with van der Waals surface area (Å²) in [6, 6.07) is 17.4. The Morgan fingerprint density at radius 2 is 1.59 bits per heavy atom. The van der Waals surface area contributed by atoms with Crippen molar-refractivity contribution in [3.63, 3.8) is 0 Å². The van der Waals surface area contributed by atoms with Gasteiger partial charge in [-0.05, 0) is 60.7 Å². The summed E-state index contributed by atoms with van der Waals surface area (Å²) in [4.78, 5) is 31.9. The van der Waals surface area contributed by atoms with Gasteiger partial charge in [-0.25, -0.2) is 0 Å². The number of aliphatic hydroxyl groups is 1. The van der Waals surface area contributed by atoms with Crippen LogP contribution >= 0.6 is 0 Å². The summed E-state index contributed by atoms with van der Waals surface area (Å²) in [7, 11) is 0. The smallest absolute Gasteiger partial charge is 0.254 e. The van der Waals surface area contributed by atoms with E-state index in [0.717, 1.165) is 28.5 Å². The predicted molar refractivity (Wildman–Crippen MR) is 120 cm³/mol. The van der Waals surface area contributed by atoms with Crippen LogP contribution in [0.3, 0.4) is 0 Å². The molecule has 7 nitrogen and oxygen atoms in total. The van der Waals surface area contributed by atoms with Crippen molar-refractivity contribution in [2.24, 2.45) is 0 Å². The molecule has 2 N–H and O–H groups in total. The van der Waals surface area contributed by atoms with E-state index in [9.17, 15) is 14.7 Å². The molecule has 32 heavy (non-hydrogen) atoms. The normalized spacial score (nSPS) is 17.6. The fourth-order valence-corrected chi connectivity index (χ4v) is 4.49. The Morgan fingerprint density at radius 1 is 0.938 bits per heavy atom. The first-order valence-corrected chi connectivity index (χ1v) is 10.9. The number of nitriles is 1. The van der Waals surface area contributed by atoms with Crippen LogP contribution in [0.25, 0.3) is 22.0 Å². The van der Waals surface area contributed by atoms with Crippen LogP contribution < -0.4 is 0 Å². The third-order valence-electron chi connectivity index (χ3n) is 6.64. The summed E-state index contributed by atoms with van der Waals surface area (Å²) in [5.74, 6) is -0.243. The molecule has 2 fully saturated rings. The van der Waals surface area contributed by atoms with E-state index in [1.54, 1.807) is 9.80 Å². The largest absolute Gasteiger partial charge is 0.380 e. The van der Waals surface area contributed by atoms with Crippen molar-refractivity contribution in [2.45, 2.75) is 24.9 Å². The number of nitrogens with one attached hydrogen (secondary N) is 1. The number of carbonyl (C=O) groups is 2. The van der Waals surface area contributed by atoms with E-state index in [1.165, 1.54) is 0 Å². The minimum atomic E-state index is -1.18. The lowest BCUT2D eigenvalue weighted by Crippen LogP contribution is -2.58. The lowest BCUT2D eigenvalue weighted by molar-refractivity contribution is -0.161. The number of amides is 2. The number of rotatable bonds is 3. The molecule has 2 amide bonds. The van der Waals surface area contributed by atoms with Gasteiger partial charge < -0.3 is 19.9 Å². The molecule has 5 rings (SSSR count). The topological polar surface area (TPSA) is 100 Å². The maximum Gasteiger partial charge on any atom is 0.254 e. The van der Waals surface area contributed by atoms with Gasteiger partial charge in [0.25, 0.3) is 11.8 Å². The molecule has 0 spiro atoms. The van der Waals surface area contributed by atoms with Crippen LogP contribution in [0.1, 0.15) is 35.3 Å². The van der Waals surface area contributed by atoms with Crippen molar-refractivity contribution in [1.29, 1.82) is 5.26 Å². The average molecular weight is 428 g/mol. The van der Waals surface area contributed by atoms with Gasteiger partial charge in [0, 0.05) is 42.6 Å². The quantitative estimate of drug-likeness (QED) is 0.670. The first-order valence-electron chi connectivity index (χ1n) is 10.9. The van der Waals surface area contributed by atoms with Gasteiger partial charge in [-0.1, -0.05) is 18.2 Å². The third-order valence-corrected chi connectivity index (χ3v) is 6.64. The van der Waals surface area contributed by atoms with Crippen LogP contribution in [0.15, 0.2) is 48.5 Å². The van der Waals surface area contributed by atoms with Gasteiger partial charge >= 0.3 is 0 Å². The van der Waals surface area contributed by atoms with E-state index in [1.807, 2.05) is 48.5 Å². The predicted octanol–water partition coefficient (Wildman–Crippen LogP) is 2.91. The molecule has 1 aromatic heterocycles. The number of hydrogen-bond acceptors (Lipinski definition) is 4. The van der Waals surface area contributed by atoms with Gasteiger partial charge in [0.05, 0.1) is 0 Å². The average Bonchev–Trinajstić information content (AvgIpc) is 3.24. The number of aromatic nitrogens is 1. The van der Waals surface area contributed by atoms with Crippen molar-refractivity contribution >= 4 is 22.7 Å². The molecule has 0 unspecified atom stereocenters. The van der Waals surface area contributed by atoms with Crippen LogP contribution in [0.5, 0.6) is 0 Å². The second-order valence-electron chi connectivity index (χ2n) is 8.64. The van der Waals surface area contributed by atoms with Gasteiger partial charge in [0.15, 0.2) is 0 Å². The molecule has 1 aliphatic heterocycles. The van der Waals surface area contributed by atoms with E-state index < -0.39 is 5.60 Å². The first kappa shape index (κ1) is 20.3. The van der Waals surface area contributed by atoms with Crippen LogP contribution in [0.4, 0.5) is 0 Å². The Kier molecular flexibility index (Phi) is 4.95. The van der Waals surface area contributed by atoms with Crippen molar-refractivity contribution < 1.29 is 14.7 Å². The van der Waals surface area contributed by atoms with Crippen LogP contribution in [0, 0.1) is 11.3 Å². The summed E-state index contributed by atoms with van der Waals surface area (Å²) < 4.78 is 0. The monoisotopic (exact) mass is 428 g/mol. The number of aromatic amines is 1. The van der Waals surface area contributed by atoms with Crippen LogP contribution in [-0.4, -0.2) is 63.5 Å². The van der Waals surface area contributed by atoms with Gasteiger partial charge in [-0.3, -0.25) is 9.59 Å². The maximum atomic E-state index is 12.9. The Labute approximate surface area is 185 Å². The highest BCUT2D eigenvalue weighted by Gasteiger charge is 2.45. The molecule has 0 radical (unpaired) electrons. The van der Waals surface area contributed by atoms with Gasteiger partial charge in [-0.15, -0.1) is 0 Å². The van der Waals surface area contributed by atoms with E-state index in [4.69, 9.17) is 5.26 Å². The Bertz CT molecular complexity index is 1230. The third kappa shape index (κ3) is 3.53. The number of hydrogen-bond donors (Lipinski definition) is 2. The minimum Gasteiger partial charge on any atom is -0.380 e. The molecule has 162 valence electrons. The number of carbonyl (C=O) groups excluding carboxylic acids is 2. The fraction of sp³-hybridized carbons (Fsp3) is 0.320. The SMILES string of the molecule is N#Cc1cc2cc(-c3ccc(C(=O)N4CCN(C(=O)C5(O)CCC5)CC4)cc3)ccc2[nH]1. The van der Waals surface area contributed by atoms with E-state index in [-0.39, 0.29) is 11.8 Å². The summed E-state index contributed by atoms with van der Waals surface area (Å²) in [6.45, 7) is 1.83. The van der Waals surface area contributed by atoms with Crippen molar-refractivity contribution in [3.8, 4) is 17.2 Å². The number of benzene rings is 2. The number of piperazine rings is 1. The number of nitrogens with zero attached hydrogens (tertiary/aromatic N) is 3. The maximum absolute atomic E-state index is 12.9. The summed E-state index contributed by atoms with van der Waals surface area (Å²) in [5.41, 5.74) is 2.89. The number of fused-ring (bicyclic) bond motifs is 1. The molecule has 1 aliphatic carbocycles.